The van der Waals surface area contributed by atoms with E-state index in [9.17, 15) is 19.5 Å². The highest BCUT2D eigenvalue weighted by atomic mass is 32.1. The number of amides is 2. The highest BCUT2D eigenvalue weighted by Crippen LogP contribution is 2.35. The maximum absolute atomic E-state index is 12.9. The van der Waals surface area contributed by atoms with Crippen molar-refractivity contribution in [3.63, 3.8) is 0 Å². The van der Waals surface area contributed by atoms with E-state index in [2.05, 4.69) is 20.6 Å². The fraction of sp³-hybridized carbons (Fsp3) is 0.136. The third-order valence-electron chi connectivity index (χ3n) is 4.53. The average Bonchev–Trinajstić information content (AvgIpc) is 3.20. The summed E-state index contributed by atoms with van der Waals surface area (Å²) in [7, 11) is 0. The second-order valence-corrected chi connectivity index (χ2v) is 8.13. The van der Waals surface area contributed by atoms with E-state index in [0.29, 0.717) is 21.7 Å². The van der Waals surface area contributed by atoms with Crippen LogP contribution in [-0.2, 0) is 9.59 Å². The van der Waals surface area contributed by atoms with Crippen molar-refractivity contribution in [1.82, 2.24) is 15.6 Å². The summed E-state index contributed by atoms with van der Waals surface area (Å²) >= 11 is 1.09. The van der Waals surface area contributed by atoms with E-state index < -0.39 is 30.4 Å². The van der Waals surface area contributed by atoms with Gasteiger partial charge < -0.3 is 32.9 Å². The third kappa shape index (κ3) is 6.53. The molecule has 0 aliphatic rings. The molecule has 9 N–H and O–H groups in total. The van der Waals surface area contributed by atoms with Gasteiger partial charge in [-0.3, -0.25) is 14.4 Å². The summed E-state index contributed by atoms with van der Waals surface area (Å²) in [5, 5.41) is 14.5. The van der Waals surface area contributed by atoms with Gasteiger partial charge in [0, 0.05) is 5.69 Å². The first-order valence-corrected chi connectivity index (χ1v) is 10.8. The molecule has 1 aromatic heterocycles. The van der Waals surface area contributed by atoms with Crippen LogP contribution in [0.15, 0.2) is 59.6 Å². The van der Waals surface area contributed by atoms with E-state index in [1.54, 1.807) is 54.6 Å². The van der Waals surface area contributed by atoms with E-state index in [1.165, 1.54) is 0 Å². The quantitative estimate of drug-likeness (QED) is 0.149. The number of nitrogen functional groups attached to an aromatic ring is 1. The number of nitrogens with one attached hydrogen (secondary N) is 2. The van der Waals surface area contributed by atoms with E-state index in [-0.39, 0.29) is 23.2 Å². The zero-order chi connectivity index (χ0) is 24.7. The fourth-order valence-electron chi connectivity index (χ4n) is 3.10. The van der Waals surface area contributed by atoms with Gasteiger partial charge in [0.25, 0.3) is 5.91 Å². The normalized spacial score (nSPS) is 11.3. The van der Waals surface area contributed by atoms with Crippen LogP contribution in [0.2, 0.25) is 0 Å². The van der Waals surface area contributed by atoms with Crippen LogP contribution in [0.5, 0.6) is 0 Å². The lowest BCUT2D eigenvalue weighted by molar-refractivity contribution is -0.137. The molecule has 34 heavy (non-hydrogen) atoms. The van der Waals surface area contributed by atoms with Crippen LogP contribution >= 0.6 is 11.3 Å². The molecule has 11 nitrogen and oxygen atoms in total. The Labute approximate surface area is 198 Å². The average molecular weight is 482 g/mol. The van der Waals surface area contributed by atoms with Gasteiger partial charge in [-0.05, 0) is 23.3 Å². The monoisotopic (exact) mass is 481 g/mol. The lowest BCUT2D eigenvalue weighted by Gasteiger charge is -2.17. The number of carboxylic acids is 1. The van der Waals surface area contributed by atoms with Gasteiger partial charge >= 0.3 is 5.97 Å². The molecule has 0 bridgehead atoms. The van der Waals surface area contributed by atoms with Gasteiger partial charge in [-0.1, -0.05) is 53.8 Å². The topological polar surface area (TPSA) is 199 Å². The van der Waals surface area contributed by atoms with E-state index in [0.717, 1.165) is 11.3 Å². The Morgan fingerprint density at radius 2 is 1.82 bits per heavy atom. The largest absolute Gasteiger partial charge is 0.481 e. The Morgan fingerprint density at radius 3 is 2.47 bits per heavy atom. The Kier molecular flexibility index (Phi) is 7.77. The summed E-state index contributed by atoms with van der Waals surface area (Å²) in [6.45, 7) is -0.396. The van der Waals surface area contributed by atoms with Crippen LogP contribution in [0, 0.1) is 0 Å². The molecule has 3 rings (SSSR count). The minimum Gasteiger partial charge on any atom is -0.481 e. The van der Waals surface area contributed by atoms with Gasteiger partial charge in [0.05, 0.1) is 23.9 Å². The lowest BCUT2D eigenvalue weighted by Crippen LogP contribution is -2.39. The number of benzene rings is 2. The minimum absolute atomic E-state index is 0.0218. The van der Waals surface area contributed by atoms with Gasteiger partial charge in [-0.25, -0.2) is 4.98 Å². The number of hydrogen-bond donors (Lipinski definition) is 6. The summed E-state index contributed by atoms with van der Waals surface area (Å²) in [6, 6.07) is 14.8. The standard InChI is InChI=1S/C22H23N7O4S/c23-14-8-4-7-13(9-14)19-18(28-22(34-19)29-21(24)25)20(33)26-11-16(30)27-15(10-17(31)32)12-5-2-1-3-6-12/h1-9,15H,10-11,23H2,(H,26,33)(H,27,30)(H,31,32)(H4,24,25,28,29)/t15-/m0/s1. The van der Waals surface area contributed by atoms with Crippen LogP contribution in [-0.4, -0.2) is 40.4 Å². The minimum atomic E-state index is -1.07. The molecule has 0 radical (unpaired) electrons. The SMILES string of the molecule is NC(N)=Nc1nc(C(=O)NCC(=O)N[C@@H](CC(=O)O)c2ccccc2)c(-c2cccc(N)c2)s1. The molecule has 12 heteroatoms. The number of anilines is 1. The van der Waals surface area contributed by atoms with Crippen molar-refractivity contribution in [2.24, 2.45) is 16.5 Å². The van der Waals surface area contributed by atoms with Crippen molar-refractivity contribution >= 4 is 45.9 Å². The van der Waals surface area contributed by atoms with Crippen molar-refractivity contribution in [1.29, 1.82) is 0 Å². The Hall–Kier alpha value is -4.45. The molecular weight excluding hydrogens is 458 g/mol. The van der Waals surface area contributed by atoms with E-state index in [1.807, 2.05) is 0 Å². The van der Waals surface area contributed by atoms with Gasteiger partial charge in [-0.2, -0.15) is 4.99 Å². The molecule has 176 valence electrons. The Balaban J connectivity index is 1.76. The van der Waals surface area contributed by atoms with E-state index in [4.69, 9.17) is 17.2 Å². The molecule has 0 fully saturated rings. The molecule has 0 saturated heterocycles. The first kappa shape index (κ1) is 24.2. The van der Waals surface area contributed by atoms with Gasteiger partial charge in [0.2, 0.25) is 11.0 Å². The first-order chi connectivity index (χ1) is 16.2. The molecule has 1 atom stereocenters. The summed E-state index contributed by atoms with van der Waals surface area (Å²) in [5.41, 5.74) is 18.5. The molecule has 0 spiro atoms. The smallest absolute Gasteiger partial charge is 0.305 e. The fourth-order valence-corrected chi connectivity index (χ4v) is 4.05. The molecule has 0 aliphatic carbocycles. The van der Waals surface area contributed by atoms with Crippen LogP contribution in [0.4, 0.5) is 10.8 Å². The van der Waals surface area contributed by atoms with Crippen molar-refractivity contribution in [3.05, 3.63) is 65.9 Å². The van der Waals surface area contributed by atoms with Gasteiger partial charge in [0.15, 0.2) is 5.96 Å². The number of carboxylic acid groups (broad SMARTS) is 1. The predicted octanol–water partition coefficient (Wildman–Crippen LogP) is 1.36. The second-order valence-electron chi connectivity index (χ2n) is 7.15. The molecular formula is C22H23N7O4S. The molecule has 2 aromatic carbocycles. The number of nitrogens with two attached hydrogens (primary N) is 3. The first-order valence-electron chi connectivity index (χ1n) is 10.0. The lowest BCUT2D eigenvalue weighted by atomic mass is 10.0. The number of aliphatic carboxylic acids is 1. The number of carbonyl (C=O) groups excluding carboxylic acids is 2. The summed E-state index contributed by atoms with van der Waals surface area (Å²) < 4.78 is 0. The predicted molar refractivity (Wildman–Crippen MR) is 129 cm³/mol. The second kappa shape index (κ2) is 10.9. The number of hydrogen-bond acceptors (Lipinski definition) is 7. The molecule has 0 aliphatic heterocycles. The number of guanidine groups is 1. The maximum Gasteiger partial charge on any atom is 0.305 e. The molecule has 0 saturated carbocycles. The molecule has 3 aromatic rings. The highest BCUT2D eigenvalue weighted by Gasteiger charge is 2.22. The van der Waals surface area contributed by atoms with Crippen molar-refractivity contribution in [2.45, 2.75) is 12.5 Å². The van der Waals surface area contributed by atoms with Gasteiger partial charge in [0.1, 0.15) is 5.69 Å². The molecule has 2 amide bonds. The number of aromatic nitrogens is 1. The van der Waals surface area contributed by atoms with Gasteiger partial charge in [-0.15, -0.1) is 0 Å². The van der Waals surface area contributed by atoms with Crippen molar-refractivity contribution in [3.8, 4) is 10.4 Å². The zero-order valence-corrected chi connectivity index (χ0v) is 18.7. The molecule has 0 unspecified atom stereocenters. The number of thiazole rings is 1. The number of aliphatic imine (C=N–C) groups is 1. The highest BCUT2D eigenvalue weighted by molar-refractivity contribution is 7.19. The maximum atomic E-state index is 12.9. The van der Waals surface area contributed by atoms with Crippen molar-refractivity contribution in [2.75, 3.05) is 12.3 Å². The third-order valence-corrected chi connectivity index (χ3v) is 5.53. The Bertz CT molecular complexity index is 1220. The molecule has 1 heterocycles. The number of nitrogens with zero attached hydrogens (tertiary/aromatic N) is 2. The van der Waals surface area contributed by atoms with E-state index >= 15 is 0 Å². The van der Waals surface area contributed by atoms with Crippen LogP contribution in [0.1, 0.15) is 28.5 Å². The summed E-state index contributed by atoms with van der Waals surface area (Å²) in [5.74, 6) is -2.48. The van der Waals surface area contributed by atoms with Crippen LogP contribution in [0.3, 0.4) is 0 Å². The Morgan fingerprint density at radius 1 is 1.09 bits per heavy atom. The van der Waals surface area contributed by atoms with Crippen molar-refractivity contribution < 1.29 is 19.5 Å². The zero-order valence-electron chi connectivity index (χ0n) is 17.9. The summed E-state index contributed by atoms with van der Waals surface area (Å²) in [4.78, 5) is 45.2. The summed E-state index contributed by atoms with van der Waals surface area (Å²) in [6.07, 6.45) is -0.308. The van der Waals surface area contributed by atoms with Crippen LogP contribution in [0.25, 0.3) is 10.4 Å². The number of rotatable bonds is 9. The van der Waals surface area contributed by atoms with Crippen LogP contribution < -0.4 is 27.8 Å². The number of carbonyl (C=O) groups is 3.